The number of benzene rings is 4. The van der Waals surface area contributed by atoms with Gasteiger partial charge in [0, 0.05) is 42.7 Å². The number of fused-ring (bicyclic) bond motifs is 5. The Morgan fingerprint density at radius 3 is 2.08 bits per heavy atom. The van der Waals surface area contributed by atoms with E-state index in [0.29, 0.717) is 58.2 Å². The molecule has 5 rings (SSSR count). The summed E-state index contributed by atoms with van der Waals surface area (Å²) < 4.78 is 12.1. The number of nitrogens with two attached hydrogens (primary N) is 3. The molecule has 318 valence electrons. The fourth-order valence-electron chi connectivity index (χ4n) is 6.94. The van der Waals surface area contributed by atoms with Gasteiger partial charge in [-0.15, -0.1) is 0 Å². The van der Waals surface area contributed by atoms with Crippen LogP contribution < -0.4 is 42.6 Å². The van der Waals surface area contributed by atoms with Crippen molar-refractivity contribution in [2.45, 2.75) is 50.2 Å². The molecule has 3 atom stereocenters. The van der Waals surface area contributed by atoms with Crippen LogP contribution in [0.1, 0.15) is 42.0 Å². The number of rotatable bonds is 17. The number of ether oxygens (including phenoxy) is 2. The number of nitrogens with one attached hydrogen (secondary N) is 3. The molecule has 60 heavy (non-hydrogen) atoms. The van der Waals surface area contributed by atoms with Crippen molar-refractivity contribution in [3.63, 3.8) is 0 Å². The second-order valence-electron chi connectivity index (χ2n) is 14.4. The lowest BCUT2D eigenvalue weighted by Crippen LogP contribution is -2.52. The molecule has 1 aliphatic rings. The van der Waals surface area contributed by atoms with Crippen LogP contribution in [0.15, 0.2) is 84.9 Å². The van der Waals surface area contributed by atoms with Gasteiger partial charge in [-0.2, -0.15) is 0 Å². The minimum absolute atomic E-state index is 0.0110. The summed E-state index contributed by atoms with van der Waals surface area (Å²) in [5.74, 6) is -2.93. The first-order chi connectivity index (χ1) is 28.9. The number of halogens is 1. The Morgan fingerprint density at radius 2 is 1.47 bits per heavy atom. The van der Waals surface area contributed by atoms with E-state index in [2.05, 4.69) is 16.0 Å². The maximum atomic E-state index is 14.5. The summed E-state index contributed by atoms with van der Waals surface area (Å²) in [6.07, 6.45) is 1.25. The Bertz CT molecular complexity index is 2130. The highest BCUT2D eigenvalue weighted by Crippen LogP contribution is 2.40. The third kappa shape index (κ3) is 12.0. The van der Waals surface area contributed by atoms with E-state index in [1.807, 2.05) is 36.4 Å². The third-order valence-corrected chi connectivity index (χ3v) is 10.2. The first-order valence-electron chi connectivity index (χ1n) is 19.8. The molecule has 4 amide bonds. The van der Waals surface area contributed by atoms with E-state index in [0.717, 1.165) is 16.7 Å². The molecule has 15 nitrogen and oxygen atoms in total. The van der Waals surface area contributed by atoms with Gasteiger partial charge in [0.25, 0.3) is 0 Å². The number of hydrogen-bond donors (Lipinski definition) is 7. The number of unbranched alkanes of at least 4 members (excludes halogenated alkanes) is 1. The highest BCUT2D eigenvalue weighted by Gasteiger charge is 2.35. The van der Waals surface area contributed by atoms with Crippen molar-refractivity contribution in [3.8, 4) is 33.8 Å². The number of carbonyl (C=O) groups is 5. The van der Waals surface area contributed by atoms with Gasteiger partial charge in [-0.25, -0.2) is 4.79 Å². The van der Waals surface area contributed by atoms with Crippen molar-refractivity contribution < 1.29 is 38.6 Å². The normalized spacial score (nSPS) is 15.8. The molecule has 0 aliphatic carbocycles. The Balaban J connectivity index is 1.51. The lowest BCUT2D eigenvalue weighted by atomic mass is 9.93. The van der Waals surface area contributed by atoms with Crippen LogP contribution in [-0.4, -0.2) is 98.1 Å². The highest BCUT2D eigenvalue weighted by molar-refractivity contribution is 6.30. The van der Waals surface area contributed by atoms with Crippen LogP contribution in [0, 0.1) is 0 Å². The van der Waals surface area contributed by atoms with Crippen molar-refractivity contribution in [3.05, 3.63) is 107 Å². The first-order valence-corrected chi connectivity index (χ1v) is 20.1. The van der Waals surface area contributed by atoms with E-state index < -0.39 is 54.3 Å². The van der Waals surface area contributed by atoms with Crippen molar-refractivity contribution in [1.29, 1.82) is 0 Å². The van der Waals surface area contributed by atoms with Crippen LogP contribution in [0.3, 0.4) is 0 Å². The highest BCUT2D eigenvalue weighted by atomic mass is 35.5. The molecule has 0 spiro atoms. The number of amides is 4. The van der Waals surface area contributed by atoms with Crippen LogP contribution in [0.2, 0.25) is 5.02 Å². The number of likely N-dealkylation sites (N-methyl/N-ethyl adjacent to an activating group) is 1. The summed E-state index contributed by atoms with van der Waals surface area (Å²) in [6.45, 7) is 0.520. The summed E-state index contributed by atoms with van der Waals surface area (Å²) in [5, 5.41) is 18.6. The number of carboxylic acid groups (broad SMARTS) is 1. The molecule has 1 heterocycles. The minimum atomic E-state index is -1.34. The monoisotopic (exact) mass is 841 g/mol. The van der Waals surface area contributed by atoms with E-state index in [1.54, 1.807) is 48.5 Å². The maximum absolute atomic E-state index is 14.5. The molecule has 0 fully saturated rings. The van der Waals surface area contributed by atoms with E-state index in [-0.39, 0.29) is 45.6 Å². The van der Waals surface area contributed by atoms with Gasteiger partial charge in [0.05, 0.1) is 13.0 Å². The zero-order valence-corrected chi connectivity index (χ0v) is 34.2. The fraction of sp³-hybridized carbons (Fsp3) is 0.341. The van der Waals surface area contributed by atoms with Crippen LogP contribution in [0.5, 0.6) is 11.5 Å². The summed E-state index contributed by atoms with van der Waals surface area (Å²) in [6, 6.07) is 21.3. The van der Waals surface area contributed by atoms with Gasteiger partial charge < -0.3 is 52.6 Å². The van der Waals surface area contributed by atoms with Crippen molar-refractivity contribution in [2.75, 3.05) is 46.4 Å². The lowest BCUT2D eigenvalue weighted by Gasteiger charge is -2.32. The Morgan fingerprint density at radius 1 is 0.850 bits per heavy atom. The van der Waals surface area contributed by atoms with Gasteiger partial charge in [-0.05, 0) is 90.0 Å². The molecule has 0 saturated heterocycles. The average Bonchev–Trinajstić information content (AvgIpc) is 3.24. The van der Waals surface area contributed by atoms with E-state index in [9.17, 15) is 29.1 Å². The smallest absolute Gasteiger partial charge is 0.326 e. The predicted octanol–water partition coefficient (Wildman–Crippen LogP) is 2.95. The van der Waals surface area contributed by atoms with Gasteiger partial charge in [0.1, 0.15) is 42.8 Å². The Kier molecular flexibility index (Phi) is 16.4. The van der Waals surface area contributed by atoms with Crippen LogP contribution in [0.4, 0.5) is 0 Å². The molecule has 0 unspecified atom stereocenters. The van der Waals surface area contributed by atoms with Crippen LogP contribution in [-0.2, 0) is 36.8 Å². The molecule has 0 aromatic heterocycles. The minimum Gasteiger partial charge on any atom is -0.492 e. The predicted molar refractivity (Wildman–Crippen MR) is 228 cm³/mol. The lowest BCUT2D eigenvalue weighted by molar-refractivity contribution is -0.143. The molecule has 0 saturated carbocycles. The SMILES string of the molecule is CN(C(=O)[C@@H](CCCCN)NC(=O)Cc1ccc(-c2ccc(Cl)cc2)cc1)[C@@H]1C(=O)NCC(=O)N[C@H](C(=O)O)Cc2ccc(OCCN)c(c2)-c2cc1ccc2OCCN. The summed E-state index contributed by atoms with van der Waals surface area (Å²) in [5.41, 5.74) is 21.9. The average molecular weight is 842 g/mol. The fourth-order valence-corrected chi connectivity index (χ4v) is 7.07. The van der Waals surface area contributed by atoms with E-state index in [1.165, 1.54) is 11.9 Å². The number of carbonyl (C=O) groups excluding carboxylic acids is 4. The molecular weight excluding hydrogens is 790 g/mol. The number of hydrogen-bond acceptors (Lipinski definition) is 10. The molecule has 4 bridgehead atoms. The summed E-state index contributed by atoms with van der Waals surface area (Å²) >= 11 is 6.04. The quantitative estimate of drug-likeness (QED) is 0.0763. The molecular formula is C44H52ClN7O8. The van der Waals surface area contributed by atoms with Crippen molar-refractivity contribution in [2.24, 2.45) is 17.2 Å². The standard InChI is InChI=1S/C44H52ClN7O8/c1-52(43(56)35(4-2-3-17-46)50-39(53)24-27-5-8-29(9-6-27)30-10-13-32(45)14-11-30)41-31-12-16-38(60-21-19-48)34(25-31)33-22-28(7-15-37(33)59-20-18-47)23-36(44(57)58)51-40(54)26-49-42(41)55/h5-16,22,25,35-36,41H,2-4,17-21,23-24,26,46-48H2,1H3,(H,49,55)(H,50,53)(H,51,54)(H,57,58)/t35-,36+,41+/m1/s1. The van der Waals surface area contributed by atoms with Gasteiger partial charge >= 0.3 is 5.97 Å². The van der Waals surface area contributed by atoms with Gasteiger partial charge in [0.15, 0.2) is 0 Å². The van der Waals surface area contributed by atoms with Crippen LogP contribution in [0.25, 0.3) is 22.3 Å². The van der Waals surface area contributed by atoms with Gasteiger partial charge in [-0.3, -0.25) is 19.2 Å². The topological polar surface area (TPSA) is 241 Å². The van der Waals surface area contributed by atoms with Crippen molar-refractivity contribution in [1.82, 2.24) is 20.9 Å². The molecule has 16 heteroatoms. The second-order valence-corrected chi connectivity index (χ2v) is 14.8. The molecule has 4 aromatic carbocycles. The summed E-state index contributed by atoms with van der Waals surface area (Å²) in [7, 11) is 1.45. The summed E-state index contributed by atoms with van der Waals surface area (Å²) in [4.78, 5) is 69.0. The van der Waals surface area contributed by atoms with Gasteiger partial charge in [-0.1, -0.05) is 60.1 Å². The second kappa shape index (κ2) is 21.8. The van der Waals surface area contributed by atoms with E-state index >= 15 is 0 Å². The zero-order chi connectivity index (χ0) is 43.2. The third-order valence-electron chi connectivity index (χ3n) is 9.96. The Labute approximate surface area is 353 Å². The molecule has 1 aliphatic heterocycles. The Hall–Kier alpha value is -6.00. The number of nitrogens with zero attached hydrogens (tertiary/aromatic N) is 1. The first kappa shape index (κ1) is 45.1. The van der Waals surface area contributed by atoms with Crippen LogP contribution >= 0.6 is 11.6 Å². The largest absolute Gasteiger partial charge is 0.492 e. The maximum Gasteiger partial charge on any atom is 0.326 e. The van der Waals surface area contributed by atoms with E-state index in [4.69, 9.17) is 38.3 Å². The molecule has 0 radical (unpaired) electrons. The number of aliphatic carboxylic acids is 1. The number of carboxylic acids is 1. The molecule has 4 aromatic rings. The molecule has 10 N–H and O–H groups in total. The van der Waals surface area contributed by atoms with Gasteiger partial charge in [0.2, 0.25) is 23.6 Å². The zero-order valence-electron chi connectivity index (χ0n) is 33.5. The van der Waals surface area contributed by atoms with Crippen molar-refractivity contribution >= 4 is 41.2 Å².